The second-order valence-corrected chi connectivity index (χ2v) is 5.80. The largest absolute Gasteiger partial charge is 0.387 e. The fourth-order valence-corrected chi connectivity index (χ4v) is 2.15. The van der Waals surface area contributed by atoms with Gasteiger partial charge in [0.2, 0.25) is 0 Å². The molecule has 0 aliphatic carbocycles. The molecule has 0 heterocycles. The zero-order valence-electron chi connectivity index (χ0n) is 13.5. The van der Waals surface area contributed by atoms with E-state index in [0.717, 1.165) is 17.7 Å². The molecule has 6 heteroatoms. The Hall–Kier alpha value is -2.47. The number of urea groups is 1. The van der Waals surface area contributed by atoms with Crippen molar-refractivity contribution in [3.8, 4) is 0 Å². The van der Waals surface area contributed by atoms with Crippen molar-refractivity contribution in [2.75, 3.05) is 11.9 Å². The lowest BCUT2D eigenvalue weighted by molar-refractivity contribution is 0.174. The monoisotopic (exact) mass is 334 g/mol. The van der Waals surface area contributed by atoms with Crippen molar-refractivity contribution in [2.24, 2.45) is 0 Å². The first-order valence-electron chi connectivity index (χ1n) is 7.64. The summed E-state index contributed by atoms with van der Waals surface area (Å²) in [6.07, 6.45) is -1.13. The first-order valence-corrected chi connectivity index (χ1v) is 7.64. The van der Waals surface area contributed by atoms with E-state index in [1.807, 2.05) is 12.1 Å². The van der Waals surface area contributed by atoms with Crippen LogP contribution in [0, 0.1) is 11.6 Å². The lowest BCUT2D eigenvalue weighted by Crippen LogP contribution is -2.32. The number of amides is 2. The zero-order valence-corrected chi connectivity index (χ0v) is 13.5. The molecule has 2 aromatic carbocycles. The summed E-state index contributed by atoms with van der Waals surface area (Å²) < 4.78 is 26.0. The van der Waals surface area contributed by atoms with Crippen LogP contribution in [0.1, 0.15) is 37.0 Å². The number of halogens is 2. The Kier molecular flexibility index (Phi) is 5.87. The Morgan fingerprint density at radius 3 is 2.25 bits per heavy atom. The van der Waals surface area contributed by atoms with E-state index in [2.05, 4.69) is 24.5 Å². The second-order valence-electron chi connectivity index (χ2n) is 5.80. The molecule has 0 saturated heterocycles. The molecule has 4 nitrogen and oxygen atoms in total. The molecule has 1 atom stereocenters. The van der Waals surface area contributed by atoms with Crippen LogP contribution in [-0.4, -0.2) is 17.7 Å². The molecular weight excluding hydrogens is 314 g/mol. The van der Waals surface area contributed by atoms with Crippen molar-refractivity contribution >= 4 is 11.7 Å². The first kappa shape index (κ1) is 17.9. The van der Waals surface area contributed by atoms with Crippen LogP contribution in [-0.2, 0) is 0 Å². The van der Waals surface area contributed by atoms with Crippen molar-refractivity contribution in [3.63, 3.8) is 0 Å². The summed E-state index contributed by atoms with van der Waals surface area (Å²) in [6, 6.07) is 10.1. The van der Waals surface area contributed by atoms with Crippen LogP contribution < -0.4 is 10.6 Å². The predicted octanol–water partition coefficient (Wildman–Crippen LogP) is 3.94. The number of carbonyl (C=O) groups is 1. The minimum absolute atomic E-state index is 0.124. The highest BCUT2D eigenvalue weighted by Crippen LogP contribution is 2.18. The highest BCUT2D eigenvalue weighted by molar-refractivity contribution is 5.89. The van der Waals surface area contributed by atoms with Crippen molar-refractivity contribution in [1.29, 1.82) is 0 Å². The van der Waals surface area contributed by atoms with E-state index < -0.39 is 23.8 Å². The van der Waals surface area contributed by atoms with Gasteiger partial charge in [0, 0.05) is 12.2 Å². The fraction of sp³-hybridized carbons (Fsp3) is 0.278. The van der Waals surface area contributed by atoms with E-state index in [9.17, 15) is 18.7 Å². The molecule has 0 saturated carbocycles. The summed E-state index contributed by atoms with van der Waals surface area (Å²) in [5.74, 6) is -1.62. The number of aliphatic hydroxyl groups excluding tert-OH is 1. The lowest BCUT2D eigenvalue weighted by Gasteiger charge is -2.13. The molecule has 2 aromatic rings. The van der Waals surface area contributed by atoms with Gasteiger partial charge in [-0.1, -0.05) is 32.0 Å². The number of hydrogen-bond donors (Lipinski definition) is 3. The van der Waals surface area contributed by atoms with Gasteiger partial charge in [-0.3, -0.25) is 0 Å². The Morgan fingerprint density at radius 1 is 1.04 bits per heavy atom. The lowest BCUT2D eigenvalue weighted by atomic mass is 10.0. The highest BCUT2D eigenvalue weighted by atomic mass is 19.2. The van der Waals surface area contributed by atoms with Gasteiger partial charge in [0.15, 0.2) is 11.6 Å². The Bertz CT molecular complexity index is 703. The Balaban J connectivity index is 1.87. The smallest absolute Gasteiger partial charge is 0.319 e. The van der Waals surface area contributed by atoms with Crippen molar-refractivity contribution in [2.45, 2.75) is 25.9 Å². The van der Waals surface area contributed by atoms with Crippen LogP contribution in [0.2, 0.25) is 0 Å². The number of anilines is 1. The molecule has 24 heavy (non-hydrogen) atoms. The number of hydrogen-bond acceptors (Lipinski definition) is 2. The summed E-state index contributed by atoms with van der Waals surface area (Å²) in [6.45, 7) is 4.03. The van der Waals surface area contributed by atoms with E-state index in [1.54, 1.807) is 12.1 Å². The van der Waals surface area contributed by atoms with Gasteiger partial charge in [-0.05, 0) is 41.3 Å². The van der Waals surface area contributed by atoms with Crippen LogP contribution in [0.25, 0.3) is 0 Å². The van der Waals surface area contributed by atoms with Crippen LogP contribution >= 0.6 is 0 Å². The zero-order chi connectivity index (χ0) is 17.7. The maximum absolute atomic E-state index is 13.1. The number of benzene rings is 2. The molecule has 0 aromatic heterocycles. The van der Waals surface area contributed by atoms with Crippen LogP contribution in [0.15, 0.2) is 42.5 Å². The van der Waals surface area contributed by atoms with E-state index >= 15 is 0 Å². The van der Waals surface area contributed by atoms with Gasteiger partial charge in [-0.15, -0.1) is 0 Å². The van der Waals surface area contributed by atoms with E-state index in [4.69, 9.17) is 0 Å². The second kappa shape index (κ2) is 7.88. The minimum atomic E-state index is -1.13. The van der Waals surface area contributed by atoms with Crippen LogP contribution in [0.4, 0.5) is 19.3 Å². The molecule has 0 bridgehead atoms. The van der Waals surface area contributed by atoms with Crippen molar-refractivity contribution in [1.82, 2.24) is 5.32 Å². The van der Waals surface area contributed by atoms with Crippen LogP contribution in [0.3, 0.4) is 0 Å². The number of nitrogens with one attached hydrogen (secondary N) is 2. The molecule has 0 fully saturated rings. The van der Waals surface area contributed by atoms with Gasteiger partial charge in [0.05, 0.1) is 6.10 Å². The molecule has 3 N–H and O–H groups in total. The van der Waals surface area contributed by atoms with Crippen LogP contribution in [0.5, 0.6) is 0 Å². The number of carbonyl (C=O) groups excluding carboxylic acids is 1. The van der Waals surface area contributed by atoms with Gasteiger partial charge in [0.25, 0.3) is 0 Å². The first-order chi connectivity index (χ1) is 11.4. The molecule has 0 spiro atoms. The molecular formula is C18H20F2N2O2. The molecule has 0 aliphatic heterocycles. The summed E-state index contributed by atoms with van der Waals surface area (Å²) in [7, 11) is 0. The minimum Gasteiger partial charge on any atom is -0.387 e. The molecule has 0 aliphatic rings. The number of rotatable bonds is 5. The predicted molar refractivity (Wildman–Crippen MR) is 88.9 cm³/mol. The van der Waals surface area contributed by atoms with E-state index in [1.165, 1.54) is 6.07 Å². The standard InChI is InChI=1S/C18H20F2N2O2/c1-11(2)12-3-6-14(7-4-12)22-18(24)21-10-17(23)13-5-8-15(19)16(20)9-13/h3-9,11,17,23H,10H2,1-2H3,(H2,21,22,24). The van der Waals surface area contributed by atoms with Gasteiger partial charge < -0.3 is 15.7 Å². The summed E-state index contributed by atoms with van der Waals surface area (Å²) in [4.78, 5) is 11.8. The fourth-order valence-electron chi connectivity index (χ4n) is 2.15. The topological polar surface area (TPSA) is 61.4 Å². The molecule has 128 valence electrons. The Morgan fingerprint density at radius 2 is 1.67 bits per heavy atom. The van der Waals surface area contributed by atoms with Crippen molar-refractivity contribution in [3.05, 3.63) is 65.2 Å². The quantitative estimate of drug-likeness (QED) is 0.775. The summed E-state index contributed by atoms with van der Waals surface area (Å²) in [5.41, 5.74) is 1.98. The average molecular weight is 334 g/mol. The van der Waals surface area contributed by atoms with Crippen molar-refractivity contribution < 1.29 is 18.7 Å². The normalized spacial score (nSPS) is 12.1. The third-order valence-electron chi connectivity index (χ3n) is 3.62. The summed E-state index contributed by atoms with van der Waals surface area (Å²) >= 11 is 0. The Labute approximate surface area is 139 Å². The van der Waals surface area contributed by atoms with Gasteiger partial charge >= 0.3 is 6.03 Å². The summed E-state index contributed by atoms with van der Waals surface area (Å²) in [5, 5.41) is 15.0. The molecule has 2 rings (SSSR count). The third kappa shape index (κ3) is 4.76. The average Bonchev–Trinajstić information content (AvgIpc) is 2.55. The molecule has 1 unspecified atom stereocenters. The maximum Gasteiger partial charge on any atom is 0.319 e. The highest BCUT2D eigenvalue weighted by Gasteiger charge is 2.12. The molecule has 2 amide bonds. The molecule has 0 radical (unpaired) electrons. The van der Waals surface area contributed by atoms with E-state index in [-0.39, 0.29) is 12.1 Å². The van der Waals surface area contributed by atoms with E-state index in [0.29, 0.717) is 11.6 Å². The van der Waals surface area contributed by atoms with Gasteiger partial charge in [-0.25, -0.2) is 13.6 Å². The maximum atomic E-state index is 13.1. The van der Waals surface area contributed by atoms with Gasteiger partial charge in [-0.2, -0.15) is 0 Å². The SMILES string of the molecule is CC(C)c1ccc(NC(=O)NCC(O)c2ccc(F)c(F)c2)cc1. The third-order valence-corrected chi connectivity index (χ3v) is 3.62. The van der Waals surface area contributed by atoms with Gasteiger partial charge in [0.1, 0.15) is 0 Å². The number of aliphatic hydroxyl groups is 1.